The number of thioether (sulfide) groups is 1. The van der Waals surface area contributed by atoms with Crippen LogP contribution in [-0.4, -0.2) is 52.5 Å². The Morgan fingerprint density at radius 3 is 2.74 bits per heavy atom. The van der Waals surface area contributed by atoms with E-state index in [1.165, 1.54) is 7.11 Å². The number of thiophene rings is 1. The number of carbonyl (C=O) groups is 3. The topological polar surface area (TPSA) is 112 Å². The van der Waals surface area contributed by atoms with Crippen LogP contribution in [0.15, 0.2) is 70.0 Å². The molecule has 3 aromatic rings. The Morgan fingerprint density at radius 2 is 1.97 bits per heavy atom. The third-order valence-corrected chi connectivity index (χ3v) is 7.92. The number of halogens is 1. The van der Waals surface area contributed by atoms with E-state index in [0.29, 0.717) is 45.3 Å². The van der Waals surface area contributed by atoms with Crippen LogP contribution >= 0.6 is 34.7 Å². The van der Waals surface area contributed by atoms with Crippen molar-refractivity contribution in [1.29, 1.82) is 0 Å². The first-order chi connectivity index (χ1) is 18.4. The predicted octanol–water partition coefficient (Wildman–Crippen LogP) is 4.45. The van der Waals surface area contributed by atoms with Gasteiger partial charge in [0, 0.05) is 16.1 Å². The number of rotatable bonds is 8. The molecule has 12 heteroatoms. The fraction of sp³-hybridized carbons (Fsp3) is 0.192. The lowest BCUT2D eigenvalue weighted by atomic mass is 10.1. The van der Waals surface area contributed by atoms with Gasteiger partial charge in [0.25, 0.3) is 5.91 Å². The van der Waals surface area contributed by atoms with Gasteiger partial charge in [0.1, 0.15) is 17.6 Å². The van der Waals surface area contributed by atoms with Crippen molar-refractivity contribution in [3.05, 3.63) is 75.4 Å². The van der Waals surface area contributed by atoms with Gasteiger partial charge in [0.05, 0.1) is 36.5 Å². The first-order valence-corrected chi connectivity index (χ1v) is 13.8. The van der Waals surface area contributed by atoms with Crippen LogP contribution in [0.3, 0.4) is 0 Å². The van der Waals surface area contributed by atoms with Crippen LogP contribution in [0.5, 0.6) is 5.75 Å². The number of aliphatic imine (C=N–C) groups is 2. The van der Waals surface area contributed by atoms with Gasteiger partial charge in [-0.1, -0.05) is 41.6 Å². The number of para-hydroxylation sites is 1. The van der Waals surface area contributed by atoms with E-state index in [0.717, 1.165) is 16.6 Å². The molecule has 9 nitrogen and oxygen atoms in total. The number of nitrogens with one attached hydrogen (secondary N) is 2. The second kappa shape index (κ2) is 11.4. The van der Waals surface area contributed by atoms with Crippen LogP contribution in [0.4, 0.5) is 11.4 Å². The summed E-state index contributed by atoms with van der Waals surface area (Å²) in [5.74, 6) is -0.0298. The van der Waals surface area contributed by atoms with Crippen LogP contribution in [0.1, 0.15) is 16.9 Å². The molecule has 1 atom stereocenters. The molecule has 194 valence electrons. The Hall–Kier alpha value is -3.67. The molecule has 0 fully saturated rings. The number of methoxy groups -OCH3 is 1. The lowest BCUT2D eigenvalue weighted by Crippen LogP contribution is -2.46. The summed E-state index contributed by atoms with van der Waals surface area (Å²) < 4.78 is 5.14. The third kappa shape index (κ3) is 5.59. The van der Waals surface area contributed by atoms with Gasteiger partial charge in [-0.2, -0.15) is 4.99 Å². The molecule has 3 amide bonds. The Bertz CT molecular complexity index is 1460. The minimum absolute atomic E-state index is 0.0138. The average molecular weight is 568 g/mol. The van der Waals surface area contributed by atoms with E-state index >= 15 is 0 Å². The second-order valence-electron chi connectivity index (χ2n) is 8.32. The zero-order chi connectivity index (χ0) is 26.6. The zero-order valence-corrected chi connectivity index (χ0v) is 22.5. The summed E-state index contributed by atoms with van der Waals surface area (Å²) in [5.41, 5.74) is 1.86. The van der Waals surface area contributed by atoms with E-state index in [-0.39, 0.29) is 24.0 Å². The van der Waals surface area contributed by atoms with E-state index in [2.05, 4.69) is 15.6 Å². The molecular formula is C26H22ClN5O4S2. The number of benzene rings is 2. The van der Waals surface area contributed by atoms with Gasteiger partial charge in [-0.25, -0.2) is 4.99 Å². The molecule has 1 unspecified atom stereocenters. The van der Waals surface area contributed by atoms with Gasteiger partial charge in [-0.3, -0.25) is 19.3 Å². The Kier molecular flexibility index (Phi) is 7.77. The van der Waals surface area contributed by atoms with E-state index in [4.69, 9.17) is 21.3 Å². The number of hydrogen-bond donors (Lipinski definition) is 2. The van der Waals surface area contributed by atoms with Crippen LogP contribution < -0.4 is 15.4 Å². The highest BCUT2D eigenvalue weighted by Gasteiger charge is 2.42. The van der Waals surface area contributed by atoms with E-state index in [1.807, 2.05) is 41.8 Å². The molecule has 0 radical (unpaired) electrons. The van der Waals surface area contributed by atoms with Gasteiger partial charge < -0.3 is 15.4 Å². The first-order valence-electron chi connectivity index (χ1n) is 11.6. The fourth-order valence-corrected chi connectivity index (χ4v) is 5.77. The summed E-state index contributed by atoms with van der Waals surface area (Å²) in [5, 5.41) is 8.40. The number of carbonyl (C=O) groups excluding carboxylic acids is 3. The molecule has 5 rings (SSSR count). The molecule has 2 aromatic carbocycles. The van der Waals surface area contributed by atoms with Crippen molar-refractivity contribution in [2.24, 2.45) is 9.98 Å². The summed E-state index contributed by atoms with van der Waals surface area (Å²) in [4.78, 5) is 50.1. The lowest BCUT2D eigenvalue weighted by molar-refractivity contribution is -0.126. The minimum Gasteiger partial charge on any atom is -0.495 e. The zero-order valence-electron chi connectivity index (χ0n) is 20.1. The summed E-state index contributed by atoms with van der Waals surface area (Å²) in [6.45, 7) is 0.388. The number of nitrogens with zero attached hydrogens (tertiary/aromatic N) is 3. The quantitative estimate of drug-likeness (QED) is 0.416. The van der Waals surface area contributed by atoms with Gasteiger partial charge >= 0.3 is 0 Å². The monoisotopic (exact) mass is 567 g/mol. The number of fused-ring (bicyclic) bond motifs is 3. The Balaban J connectivity index is 1.31. The standard InChI is InChI=1S/C26H22ClN5O4S2/c1-36-21-9-8-15(11-18(21)27)29-23(34)14-38-26-30-19-7-3-2-6-17(19)24-31-25(35)20(32(24)26)12-22(33)28-13-16-5-4-10-37-16/h2-11,20H,12-14H2,1H3,(H,28,33)(H,29,34). The largest absolute Gasteiger partial charge is 0.495 e. The highest BCUT2D eigenvalue weighted by atomic mass is 35.5. The average Bonchev–Trinajstić information content (AvgIpc) is 3.54. The van der Waals surface area contributed by atoms with Crippen molar-refractivity contribution in [2.75, 3.05) is 18.2 Å². The van der Waals surface area contributed by atoms with Crippen LogP contribution in [0.2, 0.25) is 5.02 Å². The third-order valence-electron chi connectivity index (χ3n) is 5.79. The molecule has 2 N–H and O–H groups in total. The van der Waals surface area contributed by atoms with Gasteiger partial charge in [-0.05, 0) is 41.8 Å². The molecule has 38 heavy (non-hydrogen) atoms. The van der Waals surface area contributed by atoms with E-state index in [9.17, 15) is 14.4 Å². The maximum atomic E-state index is 13.0. The number of anilines is 1. The summed E-state index contributed by atoms with van der Waals surface area (Å²) in [7, 11) is 1.51. The van der Waals surface area contributed by atoms with Gasteiger partial charge in [-0.15, -0.1) is 11.3 Å². The van der Waals surface area contributed by atoms with Gasteiger partial charge in [0.2, 0.25) is 11.8 Å². The van der Waals surface area contributed by atoms with E-state index in [1.54, 1.807) is 34.4 Å². The minimum atomic E-state index is -0.851. The normalized spacial score (nSPS) is 15.8. The van der Waals surface area contributed by atoms with Crippen molar-refractivity contribution < 1.29 is 19.1 Å². The molecule has 0 spiro atoms. The van der Waals surface area contributed by atoms with E-state index < -0.39 is 11.9 Å². The molecule has 2 aliphatic rings. The predicted molar refractivity (Wildman–Crippen MR) is 151 cm³/mol. The molecule has 2 aliphatic heterocycles. The van der Waals surface area contributed by atoms with Crippen molar-refractivity contribution in [2.45, 2.75) is 19.0 Å². The van der Waals surface area contributed by atoms with Crippen molar-refractivity contribution in [3.63, 3.8) is 0 Å². The number of hydrogen-bond acceptors (Lipinski definition) is 8. The molecule has 0 aliphatic carbocycles. The molecular weight excluding hydrogens is 546 g/mol. The molecule has 0 saturated heterocycles. The molecule has 0 bridgehead atoms. The highest BCUT2D eigenvalue weighted by Crippen LogP contribution is 2.35. The number of ether oxygens (including phenoxy) is 1. The first kappa shape index (κ1) is 26.0. The lowest BCUT2D eigenvalue weighted by Gasteiger charge is -2.30. The summed E-state index contributed by atoms with van der Waals surface area (Å²) in [6.07, 6.45) is -0.0878. The van der Waals surface area contributed by atoms with Crippen LogP contribution in [0, 0.1) is 0 Å². The molecule has 1 aromatic heterocycles. The Labute approximate surface area is 231 Å². The van der Waals surface area contributed by atoms with Crippen molar-refractivity contribution in [3.8, 4) is 5.75 Å². The fourth-order valence-electron chi connectivity index (χ4n) is 4.02. The smallest absolute Gasteiger partial charge is 0.271 e. The van der Waals surface area contributed by atoms with Crippen LogP contribution in [0.25, 0.3) is 0 Å². The SMILES string of the molecule is COc1ccc(NC(=O)CSC2=Nc3ccccc3C3=NC(=O)C(CC(=O)NCc4cccs4)N23)cc1Cl. The second-order valence-corrected chi connectivity index (χ2v) is 10.7. The Morgan fingerprint density at radius 1 is 1.13 bits per heavy atom. The molecule has 0 saturated carbocycles. The number of amidine groups is 2. The summed E-state index contributed by atoms with van der Waals surface area (Å²) in [6, 6.07) is 15.3. The van der Waals surface area contributed by atoms with Gasteiger partial charge in [0.15, 0.2) is 5.17 Å². The summed E-state index contributed by atoms with van der Waals surface area (Å²) >= 11 is 8.87. The maximum Gasteiger partial charge on any atom is 0.271 e. The number of amides is 3. The van der Waals surface area contributed by atoms with Crippen molar-refractivity contribution >= 4 is 74.8 Å². The van der Waals surface area contributed by atoms with Crippen LogP contribution in [-0.2, 0) is 20.9 Å². The van der Waals surface area contributed by atoms with Crippen molar-refractivity contribution in [1.82, 2.24) is 10.2 Å². The molecule has 3 heterocycles. The maximum absolute atomic E-state index is 13.0. The highest BCUT2D eigenvalue weighted by molar-refractivity contribution is 8.14.